The Balaban J connectivity index is 2.24. The highest BCUT2D eigenvalue weighted by atomic mass is 35.5. The number of rotatable bonds is 3. The maximum Gasteiger partial charge on any atom is 0.255 e. The third kappa shape index (κ3) is 3.67. The lowest BCUT2D eigenvalue weighted by Crippen LogP contribution is -2.29. The normalized spacial score (nSPS) is 12.0. The monoisotopic (exact) mass is 342 g/mol. The van der Waals surface area contributed by atoms with E-state index in [0.717, 1.165) is 5.56 Å². The van der Waals surface area contributed by atoms with E-state index in [4.69, 9.17) is 34.8 Å². The van der Waals surface area contributed by atoms with Crippen LogP contribution in [0.3, 0.4) is 0 Å². The Labute approximate surface area is 138 Å². The fourth-order valence-electron chi connectivity index (χ4n) is 1.93. The van der Waals surface area contributed by atoms with Crippen molar-refractivity contribution in [2.75, 3.05) is 7.05 Å². The summed E-state index contributed by atoms with van der Waals surface area (Å²) >= 11 is 17.8. The molecule has 1 amide bonds. The summed E-state index contributed by atoms with van der Waals surface area (Å²) in [4.78, 5) is 17.9. The molecule has 1 heterocycles. The van der Waals surface area contributed by atoms with E-state index in [1.165, 1.54) is 6.20 Å². The zero-order chi connectivity index (χ0) is 15.6. The molecule has 0 radical (unpaired) electrons. The second kappa shape index (κ2) is 6.65. The second-order valence-electron chi connectivity index (χ2n) is 4.63. The highest BCUT2D eigenvalue weighted by molar-refractivity contribution is 6.35. The van der Waals surface area contributed by atoms with Crippen LogP contribution in [0.4, 0.5) is 0 Å². The molecule has 6 heteroatoms. The average molecular weight is 344 g/mol. The van der Waals surface area contributed by atoms with Gasteiger partial charge in [0, 0.05) is 23.3 Å². The largest absolute Gasteiger partial charge is 0.335 e. The number of hydrogen-bond donors (Lipinski definition) is 0. The van der Waals surface area contributed by atoms with Gasteiger partial charge < -0.3 is 4.90 Å². The number of aromatic nitrogens is 1. The Hall–Kier alpha value is -1.29. The summed E-state index contributed by atoms with van der Waals surface area (Å²) < 4.78 is 0. The van der Waals surface area contributed by atoms with Gasteiger partial charge >= 0.3 is 0 Å². The van der Waals surface area contributed by atoms with Crippen molar-refractivity contribution in [1.29, 1.82) is 0 Å². The molecule has 110 valence electrons. The lowest BCUT2D eigenvalue weighted by atomic mass is 10.1. The molecule has 0 fully saturated rings. The fraction of sp³-hybridized carbons (Fsp3) is 0.200. The van der Waals surface area contributed by atoms with E-state index in [2.05, 4.69) is 4.98 Å². The number of carbonyl (C=O) groups is 1. The molecule has 0 aliphatic heterocycles. The van der Waals surface area contributed by atoms with Crippen LogP contribution in [0.15, 0.2) is 36.5 Å². The van der Waals surface area contributed by atoms with Crippen LogP contribution >= 0.6 is 34.8 Å². The first-order valence-corrected chi connectivity index (χ1v) is 7.37. The number of amides is 1. The summed E-state index contributed by atoms with van der Waals surface area (Å²) in [6.45, 7) is 1.90. The molecule has 1 aromatic carbocycles. The molecule has 0 saturated carbocycles. The van der Waals surface area contributed by atoms with Crippen molar-refractivity contribution in [3.05, 3.63) is 62.9 Å². The summed E-state index contributed by atoms with van der Waals surface area (Å²) in [5.41, 5.74) is 1.30. The first-order valence-electron chi connectivity index (χ1n) is 6.24. The van der Waals surface area contributed by atoms with Crippen molar-refractivity contribution in [1.82, 2.24) is 9.88 Å². The molecule has 1 aromatic heterocycles. The Kier molecular flexibility index (Phi) is 5.09. The van der Waals surface area contributed by atoms with E-state index in [-0.39, 0.29) is 11.9 Å². The quantitative estimate of drug-likeness (QED) is 0.745. The highest BCUT2D eigenvalue weighted by Crippen LogP contribution is 2.29. The summed E-state index contributed by atoms with van der Waals surface area (Å²) in [5.74, 6) is -0.155. The Morgan fingerprint density at radius 1 is 1.19 bits per heavy atom. The van der Waals surface area contributed by atoms with Crippen LogP contribution in [0.1, 0.15) is 28.9 Å². The molecule has 0 bridgehead atoms. The number of carbonyl (C=O) groups excluding carboxylic acids is 1. The SMILES string of the molecule is CC(c1ccc(Cl)cc1Cl)N(C)C(=O)c1ccc(Cl)nc1. The van der Waals surface area contributed by atoms with Gasteiger partial charge in [-0.2, -0.15) is 0 Å². The molecule has 2 aromatic rings. The number of nitrogens with zero attached hydrogens (tertiary/aromatic N) is 2. The first-order chi connectivity index (χ1) is 9.90. The number of pyridine rings is 1. The Bertz CT molecular complexity index is 658. The van der Waals surface area contributed by atoms with E-state index < -0.39 is 0 Å². The van der Waals surface area contributed by atoms with Gasteiger partial charge in [0.05, 0.1) is 11.6 Å². The lowest BCUT2D eigenvalue weighted by Gasteiger charge is -2.26. The van der Waals surface area contributed by atoms with Gasteiger partial charge in [-0.3, -0.25) is 4.79 Å². The smallest absolute Gasteiger partial charge is 0.255 e. The van der Waals surface area contributed by atoms with Gasteiger partial charge in [-0.25, -0.2) is 4.98 Å². The maximum absolute atomic E-state index is 12.4. The zero-order valence-corrected chi connectivity index (χ0v) is 13.7. The summed E-state index contributed by atoms with van der Waals surface area (Å²) in [5, 5.41) is 1.44. The van der Waals surface area contributed by atoms with E-state index in [1.807, 2.05) is 13.0 Å². The second-order valence-corrected chi connectivity index (χ2v) is 5.86. The van der Waals surface area contributed by atoms with E-state index in [1.54, 1.807) is 36.2 Å². The summed E-state index contributed by atoms with van der Waals surface area (Å²) in [6.07, 6.45) is 1.46. The third-order valence-electron chi connectivity index (χ3n) is 3.29. The average Bonchev–Trinajstić information content (AvgIpc) is 2.46. The minimum absolute atomic E-state index is 0.155. The fourth-order valence-corrected chi connectivity index (χ4v) is 2.61. The van der Waals surface area contributed by atoms with Crippen LogP contribution in [0, 0.1) is 0 Å². The standard InChI is InChI=1S/C15H13Cl3N2O/c1-9(12-5-4-11(16)7-13(12)17)20(2)15(21)10-3-6-14(18)19-8-10/h3-9H,1-2H3. The topological polar surface area (TPSA) is 33.2 Å². The predicted octanol–water partition coefficient (Wildman–Crippen LogP) is 4.88. The molecule has 21 heavy (non-hydrogen) atoms. The summed E-state index contributed by atoms with van der Waals surface area (Å²) in [6, 6.07) is 8.27. The number of halogens is 3. The van der Waals surface area contributed by atoms with Crippen LogP contribution in [0.5, 0.6) is 0 Å². The minimum atomic E-state index is -0.196. The van der Waals surface area contributed by atoms with Gasteiger partial charge in [-0.15, -0.1) is 0 Å². The molecule has 0 aliphatic carbocycles. The number of hydrogen-bond acceptors (Lipinski definition) is 2. The van der Waals surface area contributed by atoms with E-state index in [9.17, 15) is 4.79 Å². The van der Waals surface area contributed by atoms with Crippen molar-refractivity contribution in [3.63, 3.8) is 0 Å². The molecule has 1 unspecified atom stereocenters. The third-order valence-corrected chi connectivity index (χ3v) is 4.07. The van der Waals surface area contributed by atoms with Crippen molar-refractivity contribution in [2.45, 2.75) is 13.0 Å². The van der Waals surface area contributed by atoms with Crippen LogP contribution < -0.4 is 0 Å². The zero-order valence-electron chi connectivity index (χ0n) is 11.5. The molecule has 0 saturated heterocycles. The van der Waals surface area contributed by atoms with Gasteiger partial charge in [-0.1, -0.05) is 40.9 Å². The van der Waals surface area contributed by atoms with Crippen LogP contribution in [0.2, 0.25) is 15.2 Å². The van der Waals surface area contributed by atoms with Crippen LogP contribution in [-0.2, 0) is 0 Å². The summed E-state index contributed by atoms with van der Waals surface area (Å²) in [7, 11) is 1.71. The molecular formula is C15H13Cl3N2O. The molecule has 3 nitrogen and oxygen atoms in total. The van der Waals surface area contributed by atoms with Crippen molar-refractivity contribution in [2.24, 2.45) is 0 Å². The van der Waals surface area contributed by atoms with E-state index in [0.29, 0.717) is 20.8 Å². The van der Waals surface area contributed by atoms with E-state index >= 15 is 0 Å². The van der Waals surface area contributed by atoms with Crippen molar-refractivity contribution in [3.8, 4) is 0 Å². The first kappa shape index (κ1) is 16.1. The van der Waals surface area contributed by atoms with Gasteiger partial charge in [0.2, 0.25) is 0 Å². The molecule has 2 rings (SSSR count). The van der Waals surface area contributed by atoms with Gasteiger partial charge in [0.25, 0.3) is 5.91 Å². The minimum Gasteiger partial charge on any atom is -0.335 e. The Morgan fingerprint density at radius 2 is 1.90 bits per heavy atom. The van der Waals surface area contributed by atoms with Gasteiger partial charge in [0.15, 0.2) is 0 Å². The van der Waals surface area contributed by atoms with Gasteiger partial charge in [0.1, 0.15) is 5.15 Å². The van der Waals surface area contributed by atoms with Gasteiger partial charge in [-0.05, 0) is 36.8 Å². The highest BCUT2D eigenvalue weighted by Gasteiger charge is 2.21. The molecule has 0 N–H and O–H groups in total. The maximum atomic E-state index is 12.4. The molecule has 1 atom stereocenters. The lowest BCUT2D eigenvalue weighted by molar-refractivity contribution is 0.0742. The number of benzene rings is 1. The van der Waals surface area contributed by atoms with Crippen LogP contribution in [0.25, 0.3) is 0 Å². The van der Waals surface area contributed by atoms with Crippen molar-refractivity contribution >= 4 is 40.7 Å². The molecule has 0 spiro atoms. The van der Waals surface area contributed by atoms with Crippen LogP contribution in [-0.4, -0.2) is 22.8 Å². The molecular weight excluding hydrogens is 331 g/mol. The van der Waals surface area contributed by atoms with Crippen molar-refractivity contribution < 1.29 is 4.79 Å². The Morgan fingerprint density at radius 3 is 2.48 bits per heavy atom. The predicted molar refractivity (Wildman–Crippen MR) is 86.2 cm³/mol. The molecule has 0 aliphatic rings.